The molecule has 2 aromatic carbocycles. The topological polar surface area (TPSA) is 89.4 Å². The van der Waals surface area contributed by atoms with E-state index >= 15 is 0 Å². The van der Waals surface area contributed by atoms with Gasteiger partial charge >= 0.3 is 0 Å². The van der Waals surface area contributed by atoms with Gasteiger partial charge in [0.05, 0.1) is 19.3 Å². The van der Waals surface area contributed by atoms with E-state index in [1.165, 1.54) is 40.9 Å². The number of hydrogen-bond acceptors (Lipinski definition) is 5. The smallest absolute Gasteiger partial charge is 0.293 e. The normalized spacial score (nSPS) is 10.5. The number of halogens is 1. The molecule has 0 radical (unpaired) electrons. The quantitative estimate of drug-likeness (QED) is 0.690. The Morgan fingerprint density at radius 3 is 2.41 bits per heavy atom. The summed E-state index contributed by atoms with van der Waals surface area (Å²) in [6.45, 7) is 1.51. The van der Waals surface area contributed by atoms with Gasteiger partial charge in [0.1, 0.15) is 17.4 Å². The Morgan fingerprint density at radius 1 is 1.14 bits per heavy atom. The molecule has 29 heavy (non-hydrogen) atoms. The second-order valence-corrected chi connectivity index (χ2v) is 6.31. The Bertz CT molecular complexity index is 1020. The third-order valence-corrected chi connectivity index (χ3v) is 4.13. The fraction of sp³-hybridized carbons (Fsp3) is 0.200. The van der Waals surface area contributed by atoms with Gasteiger partial charge in [-0.25, -0.2) is 14.1 Å². The van der Waals surface area contributed by atoms with Crippen LogP contribution in [0, 0.1) is 12.7 Å². The lowest BCUT2D eigenvalue weighted by molar-refractivity contribution is -0.116. The number of amides is 2. The van der Waals surface area contributed by atoms with Crippen molar-refractivity contribution >= 4 is 17.5 Å². The van der Waals surface area contributed by atoms with Crippen molar-refractivity contribution in [2.45, 2.75) is 6.92 Å². The van der Waals surface area contributed by atoms with Gasteiger partial charge in [-0.05, 0) is 55.5 Å². The first-order valence-electron chi connectivity index (χ1n) is 8.76. The van der Waals surface area contributed by atoms with Crippen LogP contribution >= 0.6 is 0 Å². The summed E-state index contributed by atoms with van der Waals surface area (Å²) in [7, 11) is 3.05. The third-order valence-electron chi connectivity index (χ3n) is 4.13. The SMILES string of the molecule is COc1ccc(NC(=O)CN(C)C(=O)c2nc(C)n(-c3ccc(F)cc3)n2)cc1. The molecule has 0 fully saturated rings. The zero-order valence-corrected chi connectivity index (χ0v) is 16.2. The van der Waals surface area contributed by atoms with Gasteiger partial charge in [0.25, 0.3) is 5.91 Å². The number of anilines is 1. The number of ether oxygens (including phenoxy) is 1. The molecule has 0 aliphatic heterocycles. The van der Waals surface area contributed by atoms with Crippen LogP contribution in [0.1, 0.15) is 16.4 Å². The number of aromatic nitrogens is 3. The molecule has 8 nitrogen and oxygen atoms in total. The Hall–Kier alpha value is -3.75. The van der Waals surface area contributed by atoms with Crippen molar-refractivity contribution in [3.8, 4) is 11.4 Å². The van der Waals surface area contributed by atoms with E-state index in [1.807, 2.05) is 0 Å². The minimum atomic E-state index is -0.501. The van der Waals surface area contributed by atoms with Crippen molar-refractivity contribution in [1.82, 2.24) is 19.7 Å². The maximum Gasteiger partial charge on any atom is 0.293 e. The number of carbonyl (C=O) groups is 2. The molecule has 1 aromatic heterocycles. The third kappa shape index (κ3) is 4.75. The van der Waals surface area contributed by atoms with Gasteiger partial charge in [0, 0.05) is 12.7 Å². The van der Waals surface area contributed by atoms with Crippen LogP contribution in [0.25, 0.3) is 5.69 Å². The number of aryl methyl sites for hydroxylation is 1. The Balaban J connectivity index is 1.65. The average molecular weight is 397 g/mol. The molecule has 150 valence electrons. The van der Waals surface area contributed by atoms with Crippen LogP contribution in [-0.4, -0.2) is 52.2 Å². The van der Waals surface area contributed by atoms with Crippen LogP contribution in [0.5, 0.6) is 5.75 Å². The van der Waals surface area contributed by atoms with Crippen LogP contribution in [-0.2, 0) is 4.79 Å². The largest absolute Gasteiger partial charge is 0.497 e. The summed E-state index contributed by atoms with van der Waals surface area (Å²) in [5.74, 6) is -0.138. The summed E-state index contributed by atoms with van der Waals surface area (Å²) >= 11 is 0. The number of hydrogen-bond donors (Lipinski definition) is 1. The van der Waals surface area contributed by atoms with Gasteiger partial charge in [0.15, 0.2) is 0 Å². The second-order valence-electron chi connectivity index (χ2n) is 6.31. The number of likely N-dealkylation sites (N-methyl/N-ethyl adjacent to an activating group) is 1. The molecule has 9 heteroatoms. The zero-order valence-electron chi connectivity index (χ0n) is 16.2. The highest BCUT2D eigenvalue weighted by atomic mass is 19.1. The lowest BCUT2D eigenvalue weighted by Crippen LogP contribution is -2.35. The monoisotopic (exact) mass is 397 g/mol. The Morgan fingerprint density at radius 2 is 1.79 bits per heavy atom. The summed E-state index contributed by atoms with van der Waals surface area (Å²) in [5, 5.41) is 6.90. The first kappa shape index (κ1) is 20.0. The first-order valence-corrected chi connectivity index (χ1v) is 8.76. The summed E-state index contributed by atoms with van der Waals surface area (Å²) in [6, 6.07) is 12.5. The van der Waals surface area contributed by atoms with Gasteiger partial charge in [-0.15, -0.1) is 5.10 Å². The van der Waals surface area contributed by atoms with Gasteiger partial charge in [0.2, 0.25) is 11.7 Å². The molecule has 0 spiro atoms. The summed E-state index contributed by atoms with van der Waals surface area (Å²) < 4.78 is 19.6. The van der Waals surface area contributed by atoms with Crippen LogP contribution < -0.4 is 10.1 Å². The number of benzene rings is 2. The predicted molar refractivity (Wildman–Crippen MR) is 105 cm³/mol. The first-order chi connectivity index (χ1) is 13.9. The van der Waals surface area contributed by atoms with Crippen molar-refractivity contribution in [1.29, 1.82) is 0 Å². The van der Waals surface area contributed by atoms with Crippen molar-refractivity contribution < 1.29 is 18.7 Å². The van der Waals surface area contributed by atoms with Crippen molar-refractivity contribution in [2.75, 3.05) is 26.0 Å². The lowest BCUT2D eigenvalue weighted by Gasteiger charge is -2.15. The fourth-order valence-electron chi connectivity index (χ4n) is 2.64. The van der Waals surface area contributed by atoms with E-state index in [1.54, 1.807) is 38.3 Å². The summed E-state index contributed by atoms with van der Waals surface area (Å²) in [6.07, 6.45) is 0. The van der Waals surface area contributed by atoms with Crippen molar-refractivity contribution in [3.63, 3.8) is 0 Å². The van der Waals surface area contributed by atoms with Gasteiger partial charge in [-0.1, -0.05) is 0 Å². The van der Waals surface area contributed by atoms with E-state index in [-0.39, 0.29) is 24.1 Å². The molecule has 3 aromatic rings. The van der Waals surface area contributed by atoms with Crippen molar-refractivity contribution in [3.05, 3.63) is 66.0 Å². The Kier molecular flexibility index (Phi) is 5.87. The zero-order chi connectivity index (χ0) is 21.0. The van der Waals surface area contributed by atoms with E-state index < -0.39 is 5.91 Å². The lowest BCUT2D eigenvalue weighted by atomic mass is 10.3. The molecule has 0 bridgehead atoms. The van der Waals surface area contributed by atoms with Crippen LogP contribution in [0.15, 0.2) is 48.5 Å². The minimum Gasteiger partial charge on any atom is -0.497 e. The molecule has 0 unspecified atom stereocenters. The molecule has 0 aliphatic carbocycles. The van der Waals surface area contributed by atoms with Gasteiger partial charge < -0.3 is 15.0 Å². The summed E-state index contributed by atoms with van der Waals surface area (Å²) in [4.78, 5) is 30.2. The fourth-order valence-corrected chi connectivity index (χ4v) is 2.64. The van der Waals surface area contributed by atoms with E-state index in [2.05, 4.69) is 15.4 Å². The van der Waals surface area contributed by atoms with Crippen LogP contribution in [0.3, 0.4) is 0 Å². The number of carbonyl (C=O) groups excluding carboxylic acids is 2. The minimum absolute atomic E-state index is 0.0495. The molecule has 0 saturated carbocycles. The number of nitrogens with one attached hydrogen (secondary N) is 1. The Labute approximate surface area is 166 Å². The van der Waals surface area contributed by atoms with E-state index in [0.717, 1.165) is 0 Å². The molecule has 3 rings (SSSR count). The highest BCUT2D eigenvalue weighted by Gasteiger charge is 2.21. The molecular formula is C20H20FN5O3. The standard InChI is InChI=1S/C20H20FN5O3/c1-13-22-19(24-26(13)16-8-4-14(21)5-9-16)20(28)25(2)12-18(27)23-15-6-10-17(29-3)11-7-15/h4-11H,12H2,1-3H3,(H,23,27). The van der Waals surface area contributed by atoms with Crippen LogP contribution in [0.2, 0.25) is 0 Å². The molecule has 0 atom stereocenters. The van der Waals surface area contributed by atoms with Gasteiger partial charge in [-0.2, -0.15) is 0 Å². The maximum atomic E-state index is 13.1. The molecule has 0 saturated heterocycles. The number of methoxy groups -OCH3 is 1. The predicted octanol–water partition coefficient (Wildman–Crippen LogP) is 2.43. The average Bonchev–Trinajstić information content (AvgIpc) is 3.10. The number of nitrogens with zero attached hydrogens (tertiary/aromatic N) is 4. The highest BCUT2D eigenvalue weighted by Crippen LogP contribution is 2.15. The molecule has 2 amide bonds. The van der Waals surface area contributed by atoms with Gasteiger partial charge in [-0.3, -0.25) is 9.59 Å². The molecule has 1 heterocycles. The van der Waals surface area contributed by atoms with E-state index in [0.29, 0.717) is 22.9 Å². The van der Waals surface area contributed by atoms with E-state index in [9.17, 15) is 14.0 Å². The number of rotatable bonds is 6. The second kappa shape index (κ2) is 8.51. The van der Waals surface area contributed by atoms with Crippen molar-refractivity contribution in [2.24, 2.45) is 0 Å². The summed E-state index contributed by atoms with van der Waals surface area (Å²) in [5.41, 5.74) is 1.17. The van der Waals surface area contributed by atoms with Crippen LogP contribution in [0.4, 0.5) is 10.1 Å². The molecule has 0 aliphatic rings. The molecular weight excluding hydrogens is 377 g/mol. The molecule has 1 N–H and O–H groups in total. The van der Waals surface area contributed by atoms with E-state index in [4.69, 9.17) is 4.74 Å². The highest BCUT2D eigenvalue weighted by molar-refractivity contribution is 5.97. The maximum absolute atomic E-state index is 13.1.